The largest absolute Gasteiger partial charge is 0.466 e. The molecule has 1 N–H and O–H groups in total. The van der Waals surface area contributed by atoms with Crippen molar-refractivity contribution in [3.8, 4) is 22.9 Å². The Morgan fingerprint density at radius 2 is 1.78 bits per heavy atom. The molecule has 11 nitrogen and oxygen atoms in total. The summed E-state index contributed by atoms with van der Waals surface area (Å²) in [5.41, 5.74) is 2.19. The number of H-pyrrole nitrogens is 1. The fourth-order valence-electron chi connectivity index (χ4n) is 6.62. The van der Waals surface area contributed by atoms with Gasteiger partial charge in [-0.1, -0.05) is 17.7 Å². The van der Waals surface area contributed by atoms with Gasteiger partial charge in [-0.2, -0.15) is 0 Å². The number of aromatic amines is 1. The lowest BCUT2D eigenvalue weighted by Crippen LogP contribution is -2.32. The first kappa shape index (κ1) is 37.4. The molecule has 0 bridgehead atoms. The number of imidazole rings is 1. The van der Waals surface area contributed by atoms with E-state index in [0.717, 1.165) is 49.6 Å². The number of rotatable bonds is 11. The molecule has 3 aromatic carbocycles. The van der Waals surface area contributed by atoms with Gasteiger partial charge >= 0.3 is 5.97 Å². The van der Waals surface area contributed by atoms with Gasteiger partial charge in [0.25, 0.3) is 10.0 Å². The molecule has 1 aliphatic rings. The van der Waals surface area contributed by atoms with Gasteiger partial charge in [0.1, 0.15) is 22.3 Å². The number of nitrogens with zero attached hydrogens (tertiary/aromatic N) is 3. The van der Waals surface area contributed by atoms with E-state index in [0.29, 0.717) is 31.7 Å². The third-order valence-electron chi connectivity index (χ3n) is 9.24. The van der Waals surface area contributed by atoms with E-state index in [2.05, 4.69) is 9.88 Å². The molecule has 0 saturated carbocycles. The second-order valence-corrected chi connectivity index (χ2v) is 18.1. The van der Waals surface area contributed by atoms with Crippen LogP contribution in [-0.4, -0.2) is 68.1 Å². The minimum Gasteiger partial charge on any atom is -0.466 e. The molecule has 0 spiro atoms. The Morgan fingerprint density at radius 1 is 1.02 bits per heavy atom. The second kappa shape index (κ2) is 14.4. The van der Waals surface area contributed by atoms with E-state index >= 15 is 8.78 Å². The van der Waals surface area contributed by atoms with Crippen LogP contribution in [-0.2, 0) is 42.2 Å². The predicted octanol–water partition coefficient (Wildman–Crippen LogP) is 7.19. The fourth-order valence-corrected chi connectivity index (χ4v) is 10.2. The van der Waals surface area contributed by atoms with Gasteiger partial charge in [-0.3, -0.25) is 9.69 Å². The van der Waals surface area contributed by atoms with Gasteiger partial charge in [0.05, 0.1) is 40.7 Å². The highest BCUT2D eigenvalue weighted by molar-refractivity contribution is 7.91. The zero-order valence-corrected chi connectivity index (χ0v) is 32.2. The van der Waals surface area contributed by atoms with E-state index in [9.17, 15) is 21.6 Å². The average molecular weight is 795 g/mol. The standard InChI is InChI=1S/C38H36F2N4O7S3/c1-5-50-33(45)15-10-24-9-14-32(52-24)35-34-30(17-18-43(35)3)41-38(42-34)27-20-23(8-13-28(27)39)51-36-29(40)21-31-26(37(36)53(4,46)47)16-19-44(31)54(48,49)25-11-6-22(2)7-12-25/h6-9,11-14,16,19-21,35H,5,10,15,17-18H2,1-4H3,(H,41,42). The van der Waals surface area contributed by atoms with Gasteiger partial charge in [0.15, 0.2) is 21.4 Å². The number of aryl methyl sites for hydroxylation is 2. The van der Waals surface area contributed by atoms with Crippen molar-refractivity contribution in [1.29, 1.82) is 0 Å². The highest BCUT2D eigenvalue weighted by Gasteiger charge is 2.32. The summed E-state index contributed by atoms with van der Waals surface area (Å²) in [6.07, 6.45) is 3.47. The predicted molar refractivity (Wildman–Crippen MR) is 200 cm³/mol. The number of benzene rings is 3. The van der Waals surface area contributed by atoms with Crippen LogP contribution in [0.1, 0.15) is 46.1 Å². The number of hydrogen-bond donors (Lipinski definition) is 1. The number of likely N-dealkylation sites (N-methyl/N-ethyl adjacent to an activating group) is 1. The van der Waals surface area contributed by atoms with Crippen molar-refractivity contribution in [2.75, 3.05) is 26.5 Å². The molecular formula is C38H36F2N4O7S3. The van der Waals surface area contributed by atoms with Crippen LogP contribution in [0.15, 0.2) is 82.7 Å². The minimum atomic E-state index is -4.22. The number of fused-ring (bicyclic) bond motifs is 2. The van der Waals surface area contributed by atoms with Gasteiger partial charge < -0.3 is 14.5 Å². The highest BCUT2D eigenvalue weighted by Crippen LogP contribution is 2.42. The Morgan fingerprint density at radius 3 is 2.50 bits per heavy atom. The van der Waals surface area contributed by atoms with E-state index in [1.807, 2.05) is 19.2 Å². The first-order valence-corrected chi connectivity index (χ1v) is 21.2. The minimum absolute atomic E-state index is 0.0161. The number of carbonyl (C=O) groups excluding carboxylic acids is 1. The normalized spacial score (nSPS) is 15.0. The lowest BCUT2D eigenvalue weighted by molar-refractivity contribution is -0.143. The lowest BCUT2D eigenvalue weighted by atomic mass is 10.0. The molecular weight excluding hydrogens is 759 g/mol. The van der Waals surface area contributed by atoms with Crippen LogP contribution in [0.5, 0.6) is 11.5 Å². The summed E-state index contributed by atoms with van der Waals surface area (Å²) >= 11 is 1.57. The number of nitrogens with one attached hydrogen (secondary N) is 1. The summed E-state index contributed by atoms with van der Waals surface area (Å²) in [6, 6.07) is 15.7. The average Bonchev–Trinajstić information content (AvgIpc) is 3.87. The first-order valence-electron chi connectivity index (χ1n) is 17.0. The maximum atomic E-state index is 16.0. The smallest absolute Gasteiger partial charge is 0.306 e. The molecule has 0 saturated heterocycles. The van der Waals surface area contributed by atoms with E-state index in [1.165, 1.54) is 30.3 Å². The van der Waals surface area contributed by atoms with Gasteiger partial charge in [0.2, 0.25) is 0 Å². The number of esters is 1. The molecule has 0 fully saturated rings. The van der Waals surface area contributed by atoms with Gasteiger partial charge in [-0.25, -0.2) is 34.6 Å². The molecule has 6 aromatic rings. The Balaban J connectivity index is 1.23. The molecule has 0 amide bonds. The molecule has 4 heterocycles. The summed E-state index contributed by atoms with van der Waals surface area (Å²) in [6.45, 7) is 4.60. The first-order chi connectivity index (χ1) is 25.6. The molecule has 54 heavy (non-hydrogen) atoms. The zero-order valence-electron chi connectivity index (χ0n) is 29.7. The molecule has 1 atom stereocenters. The molecule has 0 aliphatic carbocycles. The Bertz CT molecular complexity index is 2630. The van der Waals surface area contributed by atoms with Crippen molar-refractivity contribution in [3.05, 3.63) is 111 Å². The molecule has 16 heteroatoms. The Kier molecular flexibility index (Phi) is 9.97. The number of ether oxygens (including phenoxy) is 2. The van der Waals surface area contributed by atoms with Crippen LogP contribution in [0.4, 0.5) is 8.78 Å². The fraction of sp³-hybridized carbons (Fsp3) is 0.263. The number of aromatic nitrogens is 3. The number of thiophene rings is 1. The maximum Gasteiger partial charge on any atom is 0.306 e. The van der Waals surface area contributed by atoms with Crippen LogP contribution in [0, 0.1) is 18.6 Å². The third kappa shape index (κ3) is 7.06. The number of hydrogen-bond acceptors (Lipinski definition) is 10. The van der Waals surface area contributed by atoms with Crippen molar-refractivity contribution < 1.29 is 39.9 Å². The molecule has 0 radical (unpaired) electrons. The van der Waals surface area contributed by atoms with E-state index in [1.54, 1.807) is 37.3 Å². The Labute approximate surface area is 315 Å². The number of halogens is 2. The zero-order chi connectivity index (χ0) is 38.5. The molecule has 7 rings (SSSR count). The van der Waals surface area contributed by atoms with Crippen LogP contribution in [0.3, 0.4) is 0 Å². The van der Waals surface area contributed by atoms with Crippen molar-refractivity contribution in [2.24, 2.45) is 0 Å². The summed E-state index contributed by atoms with van der Waals surface area (Å²) in [5.74, 6) is -2.56. The summed E-state index contributed by atoms with van der Waals surface area (Å²) in [4.78, 5) is 23.5. The number of sulfone groups is 1. The van der Waals surface area contributed by atoms with Crippen LogP contribution in [0.25, 0.3) is 22.3 Å². The van der Waals surface area contributed by atoms with E-state index in [4.69, 9.17) is 14.5 Å². The molecule has 1 aliphatic heterocycles. The molecule has 3 aromatic heterocycles. The third-order valence-corrected chi connectivity index (χ3v) is 13.3. The van der Waals surface area contributed by atoms with Crippen molar-refractivity contribution in [2.45, 2.75) is 48.9 Å². The lowest BCUT2D eigenvalue weighted by Gasteiger charge is -2.30. The maximum absolute atomic E-state index is 16.0. The van der Waals surface area contributed by atoms with Crippen molar-refractivity contribution >= 4 is 48.1 Å². The van der Waals surface area contributed by atoms with Crippen LogP contribution >= 0.6 is 11.3 Å². The van der Waals surface area contributed by atoms with Crippen LogP contribution < -0.4 is 4.74 Å². The van der Waals surface area contributed by atoms with Gasteiger partial charge in [-0.15, -0.1) is 11.3 Å². The highest BCUT2D eigenvalue weighted by atomic mass is 32.2. The summed E-state index contributed by atoms with van der Waals surface area (Å²) < 4.78 is 96.7. The monoisotopic (exact) mass is 794 g/mol. The topological polar surface area (TPSA) is 141 Å². The molecule has 282 valence electrons. The summed E-state index contributed by atoms with van der Waals surface area (Å²) in [5, 5.41) is -0.0709. The second-order valence-electron chi connectivity index (χ2n) is 13.1. The van der Waals surface area contributed by atoms with Crippen molar-refractivity contribution in [1.82, 2.24) is 18.8 Å². The quantitative estimate of drug-likeness (QED) is 0.135. The SMILES string of the molecule is CCOC(=O)CCc1ccc(C2c3nc(-c4cc(Oc5c(F)cc6c(ccn6S(=O)(=O)c6ccc(C)cc6)c5S(C)(=O)=O)ccc4F)[nH]c3CCN2C)s1. The number of carbonyl (C=O) groups is 1. The van der Waals surface area contributed by atoms with Gasteiger partial charge in [0, 0.05) is 52.3 Å². The Hall–Kier alpha value is -4.90. The summed E-state index contributed by atoms with van der Waals surface area (Å²) in [7, 11) is -6.46. The van der Waals surface area contributed by atoms with E-state index in [-0.39, 0.29) is 51.4 Å². The van der Waals surface area contributed by atoms with Gasteiger partial charge in [-0.05, 0) is 75.8 Å². The van der Waals surface area contributed by atoms with Crippen molar-refractivity contribution in [3.63, 3.8) is 0 Å². The molecule has 1 unspecified atom stereocenters. The van der Waals surface area contributed by atoms with E-state index < -0.39 is 42.1 Å². The van der Waals surface area contributed by atoms with Crippen LogP contribution in [0.2, 0.25) is 0 Å².